The van der Waals surface area contributed by atoms with Crippen LogP contribution < -0.4 is 10.6 Å². The molecule has 0 aliphatic carbocycles. The Labute approximate surface area is 224 Å². The van der Waals surface area contributed by atoms with Gasteiger partial charge in [0.15, 0.2) is 5.78 Å². The van der Waals surface area contributed by atoms with E-state index in [1.54, 1.807) is 48.5 Å². The van der Waals surface area contributed by atoms with Crippen LogP contribution in [0.5, 0.6) is 0 Å². The number of carbonyl (C=O) groups excluding carboxylic acids is 3. The minimum atomic E-state index is -0.486. The van der Waals surface area contributed by atoms with Gasteiger partial charge in [-0.1, -0.05) is 54.1 Å². The van der Waals surface area contributed by atoms with E-state index in [2.05, 4.69) is 10.6 Å². The minimum absolute atomic E-state index is 0.0917. The van der Waals surface area contributed by atoms with Gasteiger partial charge < -0.3 is 10.6 Å². The number of ketones is 1. The van der Waals surface area contributed by atoms with E-state index in [1.807, 2.05) is 43.3 Å². The van der Waals surface area contributed by atoms with E-state index in [9.17, 15) is 18.8 Å². The molecule has 2 amide bonds. The number of thioether (sulfide) groups is 1. The van der Waals surface area contributed by atoms with E-state index in [4.69, 9.17) is 0 Å². The standard InChI is InChI=1S/C31H25FN2O3S/c1-21-7-5-8-22(17-21)18-28(34-30(36)24-9-3-2-4-10-24)31(37)33-26-11-6-12-27(19-26)38-20-29(35)23-13-15-25(32)16-14-23/h2-19H,20H2,1H3,(H,33,37)(H,34,36)/b28-18-. The number of nitrogens with one attached hydrogen (secondary N) is 2. The number of benzene rings is 4. The minimum Gasteiger partial charge on any atom is -0.321 e. The van der Waals surface area contributed by atoms with Gasteiger partial charge in [-0.3, -0.25) is 14.4 Å². The zero-order valence-electron chi connectivity index (χ0n) is 20.6. The average Bonchev–Trinajstić information content (AvgIpc) is 2.92. The Kier molecular flexibility index (Phi) is 8.85. The Morgan fingerprint density at radius 3 is 2.29 bits per heavy atom. The first-order valence-electron chi connectivity index (χ1n) is 11.8. The van der Waals surface area contributed by atoms with E-state index in [-0.39, 0.29) is 17.2 Å². The number of hydrogen-bond donors (Lipinski definition) is 2. The van der Waals surface area contributed by atoms with Crippen LogP contribution in [0.1, 0.15) is 31.8 Å². The number of hydrogen-bond acceptors (Lipinski definition) is 4. The van der Waals surface area contributed by atoms with Crippen LogP contribution >= 0.6 is 11.8 Å². The van der Waals surface area contributed by atoms with E-state index in [0.717, 1.165) is 16.0 Å². The summed E-state index contributed by atoms with van der Waals surface area (Å²) in [4.78, 5) is 39.3. The summed E-state index contributed by atoms with van der Waals surface area (Å²) in [5, 5.41) is 5.57. The monoisotopic (exact) mass is 524 g/mol. The number of aryl methyl sites for hydroxylation is 1. The van der Waals surface area contributed by atoms with Gasteiger partial charge in [0.05, 0.1) is 5.75 Å². The van der Waals surface area contributed by atoms with Gasteiger partial charge in [-0.25, -0.2) is 4.39 Å². The summed E-state index contributed by atoms with van der Waals surface area (Å²) >= 11 is 1.31. The molecule has 38 heavy (non-hydrogen) atoms. The van der Waals surface area contributed by atoms with Crippen LogP contribution in [0.4, 0.5) is 10.1 Å². The second kappa shape index (κ2) is 12.7. The third kappa shape index (κ3) is 7.51. The lowest BCUT2D eigenvalue weighted by atomic mass is 10.1. The maximum Gasteiger partial charge on any atom is 0.272 e. The highest BCUT2D eigenvalue weighted by Gasteiger charge is 2.16. The molecule has 0 spiro atoms. The Hall–Kier alpha value is -4.49. The smallest absolute Gasteiger partial charge is 0.272 e. The number of Topliss-reactive ketones (excluding diaryl/α,β-unsaturated/α-hetero) is 1. The third-order valence-electron chi connectivity index (χ3n) is 5.51. The highest BCUT2D eigenvalue weighted by Crippen LogP contribution is 2.23. The number of anilines is 1. The topological polar surface area (TPSA) is 75.3 Å². The fraction of sp³-hybridized carbons (Fsp3) is 0.0645. The Balaban J connectivity index is 1.49. The molecule has 0 aliphatic rings. The number of halogens is 1. The summed E-state index contributed by atoms with van der Waals surface area (Å²) in [7, 11) is 0. The van der Waals surface area contributed by atoms with Crippen LogP contribution in [0, 0.1) is 12.7 Å². The predicted molar refractivity (Wildman–Crippen MR) is 150 cm³/mol. The molecule has 0 atom stereocenters. The fourth-order valence-corrected chi connectivity index (χ4v) is 4.45. The van der Waals surface area contributed by atoms with Crippen LogP contribution in [0.3, 0.4) is 0 Å². The summed E-state index contributed by atoms with van der Waals surface area (Å²) in [6.07, 6.45) is 1.63. The zero-order valence-corrected chi connectivity index (χ0v) is 21.4. The van der Waals surface area contributed by atoms with Crippen molar-refractivity contribution >= 4 is 41.1 Å². The van der Waals surface area contributed by atoms with Crippen LogP contribution in [-0.4, -0.2) is 23.4 Å². The Morgan fingerprint density at radius 2 is 1.55 bits per heavy atom. The van der Waals surface area contributed by atoms with E-state index >= 15 is 0 Å². The molecule has 0 saturated carbocycles. The highest BCUT2D eigenvalue weighted by molar-refractivity contribution is 8.00. The number of amides is 2. The zero-order chi connectivity index (χ0) is 26.9. The van der Waals surface area contributed by atoms with E-state index < -0.39 is 17.6 Å². The number of carbonyl (C=O) groups is 3. The number of rotatable bonds is 9. The molecular formula is C31H25FN2O3S. The molecule has 190 valence electrons. The van der Waals surface area contributed by atoms with Crippen molar-refractivity contribution in [3.63, 3.8) is 0 Å². The first-order valence-corrected chi connectivity index (χ1v) is 12.8. The van der Waals surface area contributed by atoms with Crippen molar-refractivity contribution in [3.8, 4) is 0 Å². The lowest BCUT2D eigenvalue weighted by molar-refractivity contribution is -0.113. The molecular weight excluding hydrogens is 499 g/mol. The first-order chi connectivity index (χ1) is 18.4. The van der Waals surface area contributed by atoms with E-state index in [1.165, 1.54) is 36.0 Å². The third-order valence-corrected chi connectivity index (χ3v) is 6.50. The summed E-state index contributed by atoms with van der Waals surface area (Å²) in [5.74, 6) is -1.25. The molecule has 0 heterocycles. The Morgan fingerprint density at radius 1 is 0.816 bits per heavy atom. The molecule has 2 N–H and O–H groups in total. The highest BCUT2D eigenvalue weighted by atomic mass is 32.2. The maximum absolute atomic E-state index is 13.3. The van der Waals surface area contributed by atoms with Gasteiger partial charge in [-0.05, 0) is 73.2 Å². The van der Waals surface area contributed by atoms with Crippen LogP contribution in [0.2, 0.25) is 0 Å². The van der Waals surface area contributed by atoms with Gasteiger partial charge in [-0.2, -0.15) is 0 Å². The predicted octanol–water partition coefficient (Wildman–Crippen LogP) is 6.52. The van der Waals surface area contributed by atoms with Gasteiger partial charge in [0.25, 0.3) is 11.8 Å². The maximum atomic E-state index is 13.3. The van der Waals surface area contributed by atoms with Crippen molar-refractivity contribution in [2.75, 3.05) is 11.1 Å². The molecule has 0 unspecified atom stereocenters. The molecule has 0 radical (unpaired) electrons. The van der Waals surface area contributed by atoms with Crippen LogP contribution in [0.25, 0.3) is 6.08 Å². The summed E-state index contributed by atoms with van der Waals surface area (Å²) in [6.45, 7) is 1.95. The summed E-state index contributed by atoms with van der Waals surface area (Å²) in [5.41, 5.74) is 3.26. The van der Waals surface area contributed by atoms with Gasteiger partial charge >= 0.3 is 0 Å². The van der Waals surface area contributed by atoms with Crippen molar-refractivity contribution < 1.29 is 18.8 Å². The first kappa shape index (κ1) is 26.6. The average molecular weight is 525 g/mol. The van der Waals surface area contributed by atoms with Crippen molar-refractivity contribution in [2.24, 2.45) is 0 Å². The lowest BCUT2D eigenvalue weighted by Gasteiger charge is -2.12. The Bertz CT molecular complexity index is 1480. The normalized spacial score (nSPS) is 11.1. The molecule has 5 nitrogen and oxygen atoms in total. The van der Waals surface area contributed by atoms with Crippen molar-refractivity contribution in [1.29, 1.82) is 0 Å². The second-order valence-electron chi connectivity index (χ2n) is 8.49. The quantitative estimate of drug-likeness (QED) is 0.149. The fourth-order valence-electron chi connectivity index (χ4n) is 3.60. The molecule has 0 fully saturated rings. The van der Waals surface area contributed by atoms with Gasteiger partial charge in [0.1, 0.15) is 11.5 Å². The lowest BCUT2D eigenvalue weighted by Crippen LogP contribution is -2.30. The van der Waals surface area contributed by atoms with E-state index in [0.29, 0.717) is 16.8 Å². The molecule has 0 aromatic heterocycles. The largest absolute Gasteiger partial charge is 0.321 e. The molecule has 0 bridgehead atoms. The molecule has 4 aromatic rings. The SMILES string of the molecule is Cc1cccc(/C=C(\NC(=O)c2ccccc2)C(=O)Nc2cccc(SCC(=O)c3ccc(F)cc3)c2)c1. The molecule has 7 heteroatoms. The molecule has 0 aliphatic heterocycles. The van der Waals surface area contributed by atoms with Crippen LogP contribution in [0.15, 0.2) is 114 Å². The van der Waals surface area contributed by atoms with Gasteiger partial charge in [0, 0.05) is 21.7 Å². The molecule has 4 rings (SSSR count). The molecule has 0 saturated heterocycles. The summed E-state index contributed by atoms with van der Waals surface area (Å²) < 4.78 is 13.1. The van der Waals surface area contributed by atoms with Gasteiger partial charge in [-0.15, -0.1) is 11.8 Å². The van der Waals surface area contributed by atoms with Crippen LogP contribution in [-0.2, 0) is 4.79 Å². The molecule has 4 aromatic carbocycles. The van der Waals surface area contributed by atoms with Crippen molar-refractivity contribution in [2.45, 2.75) is 11.8 Å². The second-order valence-corrected chi connectivity index (χ2v) is 9.54. The van der Waals surface area contributed by atoms with Crippen molar-refractivity contribution in [3.05, 3.63) is 137 Å². The summed E-state index contributed by atoms with van der Waals surface area (Å²) in [6, 6.07) is 28.8. The van der Waals surface area contributed by atoms with Gasteiger partial charge in [0.2, 0.25) is 0 Å². The van der Waals surface area contributed by atoms with Crippen molar-refractivity contribution in [1.82, 2.24) is 5.32 Å².